The van der Waals surface area contributed by atoms with Gasteiger partial charge < -0.3 is 4.74 Å². The van der Waals surface area contributed by atoms with Gasteiger partial charge in [0.1, 0.15) is 0 Å². The quantitative estimate of drug-likeness (QED) is 0.522. The highest BCUT2D eigenvalue weighted by atomic mass is 16.5. The third-order valence-corrected chi connectivity index (χ3v) is 2.30. The Balaban J connectivity index is 2.45. The number of allylic oxidation sites excluding steroid dienone is 3. The molecular weight excluding hydrogens is 168 g/mol. The van der Waals surface area contributed by atoms with Gasteiger partial charge in [0.25, 0.3) is 0 Å². The zero-order valence-electron chi connectivity index (χ0n) is 7.42. The van der Waals surface area contributed by atoms with Crippen LogP contribution >= 0.6 is 0 Å². The molecule has 0 unspecified atom stereocenters. The molecule has 0 spiro atoms. The maximum atomic E-state index is 11.5. The van der Waals surface area contributed by atoms with Crippen molar-refractivity contribution in [1.29, 1.82) is 0 Å². The Morgan fingerprint density at radius 1 is 1.38 bits per heavy atom. The minimum absolute atomic E-state index is 0.0331. The lowest BCUT2D eigenvalue weighted by atomic mass is 9.91. The normalized spacial score (nSPS) is 22.4. The van der Waals surface area contributed by atoms with Crippen LogP contribution in [0.2, 0.25) is 0 Å². The van der Waals surface area contributed by atoms with Crippen LogP contribution in [0.15, 0.2) is 23.0 Å². The predicted octanol–water partition coefficient (Wildman–Crippen LogP) is 1.15. The highest BCUT2D eigenvalue weighted by Crippen LogP contribution is 2.27. The van der Waals surface area contributed by atoms with Crippen LogP contribution in [-0.4, -0.2) is 18.2 Å². The number of ketones is 2. The van der Waals surface area contributed by atoms with E-state index in [4.69, 9.17) is 4.74 Å². The number of hydrogen-bond acceptors (Lipinski definition) is 3. The molecular formula is C10H10O3. The van der Waals surface area contributed by atoms with Gasteiger partial charge in [-0.1, -0.05) is 0 Å². The Kier molecular flexibility index (Phi) is 1.79. The standard InChI is InChI=1S/C10H10O3/c1-6-5-8(11)10-7(9(6)12)3-2-4-13-10/h5H,2-4H2,1H3. The summed E-state index contributed by atoms with van der Waals surface area (Å²) >= 11 is 0. The van der Waals surface area contributed by atoms with Crippen LogP contribution in [0, 0.1) is 0 Å². The van der Waals surface area contributed by atoms with Gasteiger partial charge in [-0.2, -0.15) is 0 Å². The fourth-order valence-electron chi connectivity index (χ4n) is 1.63. The Morgan fingerprint density at radius 2 is 2.15 bits per heavy atom. The average molecular weight is 178 g/mol. The van der Waals surface area contributed by atoms with Gasteiger partial charge in [-0.25, -0.2) is 0 Å². The summed E-state index contributed by atoms with van der Waals surface area (Å²) in [5.74, 6) is 0.0861. The number of Topliss-reactive ketones (excluding diaryl/α,β-unsaturated/α-hetero) is 1. The summed E-state index contributed by atoms with van der Waals surface area (Å²) in [6, 6.07) is 0. The van der Waals surface area contributed by atoms with E-state index in [9.17, 15) is 9.59 Å². The molecule has 0 bridgehead atoms. The first-order chi connectivity index (χ1) is 6.20. The van der Waals surface area contributed by atoms with Crippen molar-refractivity contribution in [3.8, 4) is 0 Å². The number of hydrogen-bond donors (Lipinski definition) is 0. The molecule has 3 heteroatoms. The summed E-state index contributed by atoms with van der Waals surface area (Å²) in [6.07, 6.45) is 2.85. The molecule has 1 aliphatic carbocycles. The molecule has 1 heterocycles. The molecule has 0 N–H and O–H groups in total. The predicted molar refractivity (Wildman–Crippen MR) is 46.0 cm³/mol. The minimum atomic E-state index is -0.160. The van der Waals surface area contributed by atoms with Gasteiger partial charge in [0.15, 0.2) is 11.5 Å². The van der Waals surface area contributed by atoms with Gasteiger partial charge in [0.05, 0.1) is 6.61 Å². The molecule has 0 aromatic rings. The molecule has 0 radical (unpaired) electrons. The molecule has 0 amide bonds. The van der Waals surface area contributed by atoms with E-state index in [1.165, 1.54) is 6.08 Å². The van der Waals surface area contributed by atoms with Crippen molar-refractivity contribution in [2.75, 3.05) is 6.61 Å². The van der Waals surface area contributed by atoms with Crippen molar-refractivity contribution in [3.63, 3.8) is 0 Å². The second kappa shape index (κ2) is 2.83. The zero-order valence-corrected chi connectivity index (χ0v) is 7.42. The molecule has 0 saturated carbocycles. The highest BCUT2D eigenvalue weighted by Gasteiger charge is 2.29. The molecule has 0 fully saturated rings. The van der Waals surface area contributed by atoms with E-state index < -0.39 is 0 Å². The Labute approximate surface area is 76.1 Å². The molecule has 13 heavy (non-hydrogen) atoms. The monoisotopic (exact) mass is 178 g/mol. The first kappa shape index (κ1) is 8.23. The Hall–Kier alpha value is -1.38. The summed E-state index contributed by atoms with van der Waals surface area (Å²) in [6.45, 7) is 2.21. The van der Waals surface area contributed by atoms with E-state index in [-0.39, 0.29) is 17.3 Å². The fraction of sp³-hybridized carbons (Fsp3) is 0.400. The summed E-state index contributed by atoms with van der Waals surface area (Å²) in [4.78, 5) is 22.9. The number of carbonyl (C=O) groups excluding carboxylic acids is 2. The van der Waals surface area contributed by atoms with Gasteiger partial charge in [0.2, 0.25) is 5.78 Å². The minimum Gasteiger partial charge on any atom is -0.489 e. The van der Waals surface area contributed by atoms with E-state index in [0.717, 1.165) is 6.42 Å². The summed E-state index contributed by atoms with van der Waals surface area (Å²) in [5.41, 5.74) is 1.09. The molecule has 2 rings (SSSR count). The third kappa shape index (κ3) is 1.20. The third-order valence-electron chi connectivity index (χ3n) is 2.30. The van der Waals surface area contributed by atoms with Crippen LogP contribution in [-0.2, 0) is 14.3 Å². The van der Waals surface area contributed by atoms with Crippen molar-refractivity contribution in [2.45, 2.75) is 19.8 Å². The summed E-state index contributed by atoms with van der Waals surface area (Å²) < 4.78 is 5.18. The van der Waals surface area contributed by atoms with Crippen molar-refractivity contribution in [2.24, 2.45) is 0 Å². The molecule has 0 atom stereocenters. The van der Waals surface area contributed by atoms with Crippen LogP contribution in [0.5, 0.6) is 0 Å². The number of carbonyl (C=O) groups is 2. The van der Waals surface area contributed by atoms with E-state index >= 15 is 0 Å². The second-order valence-corrected chi connectivity index (χ2v) is 3.28. The fourth-order valence-corrected chi connectivity index (χ4v) is 1.63. The van der Waals surface area contributed by atoms with E-state index in [1.54, 1.807) is 6.92 Å². The molecule has 3 nitrogen and oxygen atoms in total. The maximum Gasteiger partial charge on any atom is 0.221 e. The smallest absolute Gasteiger partial charge is 0.221 e. The lowest BCUT2D eigenvalue weighted by Crippen LogP contribution is -2.23. The van der Waals surface area contributed by atoms with Gasteiger partial charge in [-0.15, -0.1) is 0 Å². The first-order valence-electron chi connectivity index (χ1n) is 4.33. The van der Waals surface area contributed by atoms with Crippen molar-refractivity contribution < 1.29 is 14.3 Å². The van der Waals surface area contributed by atoms with E-state index in [2.05, 4.69) is 0 Å². The lowest BCUT2D eigenvalue weighted by Gasteiger charge is -2.21. The van der Waals surface area contributed by atoms with Gasteiger partial charge in [0, 0.05) is 11.1 Å². The van der Waals surface area contributed by atoms with Crippen LogP contribution in [0.1, 0.15) is 19.8 Å². The average Bonchev–Trinajstić information content (AvgIpc) is 2.15. The highest BCUT2D eigenvalue weighted by molar-refractivity contribution is 6.21. The van der Waals surface area contributed by atoms with Crippen LogP contribution in [0.3, 0.4) is 0 Å². The van der Waals surface area contributed by atoms with Gasteiger partial charge in [-0.05, 0) is 25.8 Å². The molecule has 0 aromatic heterocycles. The molecule has 0 saturated heterocycles. The second-order valence-electron chi connectivity index (χ2n) is 3.28. The van der Waals surface area contributed by atoms with Crippen LogP contribution in [0.25, 0.3) is 0 Å². The number of rotatable bonds is 0. The lowest BCUT2D eigenvalue weighted by molar-refractivity contribution is -0.119. The molecule has 68 valence electrons. The van der Waals surface area contributed by atoms with Gasteiger partial charge >= 0.3 is 0 Å². The SMILES string of the molecule is CC1=CC(=O)C2=C(CCCO2)C1=O. The van der Waals surface area contributed by atoms with Crippen LogP contribution < -0.4 is 0 Å². The van der Waals surface area contributed by atoms with Crippen molar-refractivity contribution >= 4 is 11.6 Å². The van der Waals surface area contributed by atoms with E-state index in [0.29, 0.717) is 24.2 Å². The molecule has 0 aromatic carbocycles. The maximum absolute atomic E-state index is 11.5. The summed E-state index contributed by atoms with van der Waals surface area (Å²) in [5, 5.41) is 0. The molecule has 1 aliphatic heterocycles. The Morgan fingerprint density at radius 3 is 2.92 bits per heavy atom. The van der Waals surface area contributed by atoms with E-state index in [1.807, 2.05) is 0 Å². The van der Waals surface area contributed by atoms with Crippen molar-refractivity contribution in [1.82, 2.24) is 0 Å². The zero-order chi connectivity index (χ0) is 9.42. The Bertz CT molecular complexity index is 347. The van der Waals surface area contributed by atoms with Crippen LogP contribution in [0.4, 0.5) is 0 Å². The largest absolute Gasteiger partial charge is 0.489 e. The van der Waals surface area contributed by atoms with Crippen molar-refractivity contribution in [3.05, 3.63) is 23.0 Å². The summed E-state index contributed by atoms with van der Waals surface area (Å²) in [7, 11) is 0. The van der Waals surface area contributed by atoms with Gasteiger partial charge in [-0.3, -0.25) is 9.59 Å². The first-order valence-corrected chi connectivity index (χ1v) is 4.33. The number of ether oxygens (including phenoxy) is 1. The molecule has 2 aliphatic rings. The topological polar surface area (TPSA) is 43.4 Å².